The van der Waals surface area contributed by atoms with Crippen molar-refractivity contribution >= 4 is 27.3 Å². The van der Waals surface area contributed by atoms with Gasteiger partial charge < -0.3 is 5.32 Å². The van der Waals surface area contributed by atoms with E-state index in [4.69, 9.17) is 0 Å². The standard InChI is InChI=1S/C12H19N3O3S2/c1-2-7-20(17,18)15-5-3-10(4-6-15)14-12(16)11-8-19-9-13-11/h8-10H,2-7H2,1H3,(H,14,16). The maximum Gasteiger partial charge on any atom is 0.270 e. The van der Waals surface area contributed by atoms with E-state index in [0.29, 0.717) is 38.0 Å². The molecule has 112 valence electrons. The number of aromatic nitrogens is 1. The molecule has 1 saturated heterocycles. The van der Waals surface area contributed by atoms with Crippen LogP contribution in [0.2, 0.25) is 0 Å². The lowest BCUT2D eigenvalue weighted by molar-refractivity contribution is 0.0919. The molecule has 0 saturated carbocycles. The minimum Gasteiger partial charge on any atom is -0.348 e. The van der Waals surface area contributed by atoms with Gasteiger partial charge in [0.25, 0.3) is 5.91 Å². The molecule has 0 aromatic carbocycles. The Morgan fingerprint density at radius 3 is 2.75 bits per heavy atom. The molecule has 1 aromatic heterocycles. The molecule has 8 heteroatoms. The third kappa shape index (κ3) is 3.77. The summed E-state index contributed by atoms with van der Waals surface area (Å²) < 4.78 is 25.4. The first-order valence-corrected chi connectivity index (χ1v) is 9.25. The van der Waals surface area contributed by atoms with E-state index in [1.54, 1.807) is 10.9 Å². The summed E-state index contributed by atoms with van der Waals surface area (Å²) in [6.45, 7) is 2.81. The smallest absolute Gasteiger partial charge is 0.270 e. The molecule has 0 atom stereocenters. The monoisotopic (exact) mass is 317 g/mol. The van der Waals surface area contributed by atoms with E-state index in [1.165, 1.54) is 15.6 Å². The summed E-state index contributed by atoms with van der Waals surface area (Å²) in [4.78, 5) is 15.8. The summed E-state index contributed by atoms with van der Waals surface area (Å²) >= 11 is 1.38. The highest BCUT2D eigenvalue weighted by Crippen LogP contribution is 2.15. The van der Waals surface area contributed by atoms with Gasteiger partial charge in [-0.1, -0.05) is 6.92 Å². The fourth-order valence-corrected chi connectivity index (χ4v) is 4.32. The first-order chi connectivity index (χ1) is 9.53. The van der Waals surface area contributed by atoms with Crippen molar-refractivity contribution in [2.75, 3.05) is 18.8 Å². The lowest BCUT2D eigenvalue weighted by Crippen LogP contribution is -2.47. The quantitative estimate of drug-likeness (QED) is 0.881. The molecule has 2 rings (SSSR count). The molecular weight excluding hydrogens is 298 g/mol. The lowest BCUT2D eigenvalue weighted by Gasteiger charge is -2.31. The second-order valence-electron chi connectivity index (χ2n) is 4.84. The van der Waals surface area contributed by atoms with Crippen molar-refractivity contribution in [3.63, 3.8) is 0 Å². The van der Waals surface area contributed by atoms with Gasteiger partial charge in [0.2, 0.25) is 10.0 Å². The largest absolute Gasteiger partial charge is 0.348 e. The highest BCUT2D eigenvalue weighted by Gasteiger charge is 2.28. The molecule has 2 heterocycles. The van der Waals surface area contributed by atoms with Gasteiger partial charge in [-0.15, -0.1) is 11.3 Å². The minimum absolute atomic E-state index is 0.0253. The maximum absolute atomic E-state index is 11.9. The highest BCUT2D eigenvalue weighted by molar-refractivity contribution is 7.89. The zero-order valence-corrected chi connectivity index (χ0v) is 13.0. The van der Waals surface area contributed by atoms with Crippen molar-refractivity contribution in [2.45, 2.75) is 32.2 Å². The molecule has 1 fully saturated rings. The Morgan fingerprint density at radius 2 is 2.20 bits per heavy atom. The number of piperidine rings is 1. The third-order valence-corrected chi connectivity index (χ3v) is 5.97. The lowest BCUT2D eigenvalue weighted by atomic mass is 10.1. The number of sulfonamides is 1. The summed E-state index contributed by atoms with van der Waals surface area (Å²) in [5.74, 6) is 0.0177. The molecule has 0 aliphatic carbocycles. The van der Waals surface area contributed by atoms with Crippen molar-refractivity contribution in [3.8, 4) is 0 Å². The molecule has 1 aliphatic heterocycles. The number of amides is 1. The molecule has 1 N–H and O–H groups in total. The summed E-state index contributed by atoms with van der Waals surface area (Å²) in [6, 6.07) is 0.0253. The van der Waals surface area contributed by atoms with Crippen molar-refractivity contribution in [1.29, 1.82) is 0 Å². The van der Waals surface area contributed by atoms with Crippen LogP contribution < -0.4 is 5.32 Å². The number of hydrogen-bond acceptors (Lipinski definition) is 5. The number of nitrogens with zero attached hydrogens (tertiary/aromatic N) is 2. The van der Waals surface area contributed by atoms with Gasteiger partial charge in [0.1, 0.15) is 5.69 Å². The first-order valence-electron chi connectivity index (χ1n) is 6.70. The second kappa shape index (κ2) is 6.64. The number of thiazole rings is 1. The van der Waals surface area contributed by atoms with Crippen LogP contribution in [-0.2, 0) is 10.0 Å². The SMILES string of the molecule is CCCS(=O)(=O)N1CCC(NC(=O)c2cscn2)CC1. The summed E-state index contributed by atoms with van der Waals surface area (Å²) in [5.41, 5.74) is 2.05. The van der Waals surface area contributed by atoms with Gasteiger partial charge in [0.05, 0.1) is 11.3 Å². The highest BCUT2D eigenvalue weighted by atomic mass is 32.2. The second-order valence-corrected chi connectivity index (χ2v) is 7.64. The van der Waals surface area contributed by atoms with E-state index in [2.05, 4.69) is 10.3 Å². The minimum atomic E-state index is -3.12. The molecule has 0 unspecified atom stereocenters. The van der Waals surface area contributed by atoms with Crippen molar-refractivity contribution in [2.24, 2.45) is 0 Å². The number of rotatable bonds is 5. The molecule has 0 bridgehead atoms. The van der Waals surface area contributed by atoms with Crippen LogP contribution >= 0.6 is 11.3 Å². The van der Waals surface area contributed by atoms with E-state index in [0.717, 1.165) is 0 Å². The molecular formula is C12H19N3O3S2. The van der Waals surface area contributed by atoms with Crippen LogP contribution in [0.25, 0.3) is 0 Å². The van der Waals surface area contributed by atoms with Crippen LogP contribution in [0.4, 0.5) is 0 Å². The first kappa shape index (κ1) is 15.4. The Hall–Kier alpha value is -0.990. The fraction of sp³-hybridized carbons (Fsp3) is 0.667. The Morgan fingerprint density at radius 1 is 1.50 bits per heavy atom. The van der Waals surface area contributed by atoms with E-state index in [-0.39, 0.29) is 17.7 Å². The number of carbonyl (C=O) groups excluding carboxylic acids is 1. The van der Waals surface area contributed by atoms with Crippen molar-refractivity contribution < 1.29 is 13.2 Å². The Kier molecular flexibility index (Phi) is 5.11. The van der Waals surface area contributed by atoms with Crippen LogP contribution in [-0.4, -0.2) is 48.5 Å². The van der Waals surface area contributed by atoms with Gasteiger partial charge in [0.15, 0.2) is 0 Å². The average Bonchev–Trinajstić information content (AvgIpc) is 2.93. The van der Waals surface area contributed by atoms with Gasteiger partial charge in [0, 0.05) is 24.5 Å². The van der Waals surface area contributed by atoms with E-state index >= 15 is 0 Å². The Balaban J connectivity index is 1.84. The zero-order chi connectivity index (χ0) is 14.6. The van der Waals surface area contributed by atoms with Crippen LogP contribution in [0.5, 0.6) is 0 Å². The number of hydrogen-bond donors (Lipinski definition) is 1. The average molecular weight is 317 g/mol. The predicted octanol–water partition coefficient (Wildman–Crippen LogP) is 1.08. The van der Waals surface area contributed by atoms with Crippen LogP contribution in [0.1, 0.15) is 36.7 Å². The molecule has 0 radical (unpaired) electrons. The van der Waals surface area contributed by atoms with Crippen molar-refractivity contribution in [1.82, 2.24) is 14.6 Å². The number of nitrogens with one attached hydrogen (secondary N) is 1. The van der Waals surface area contributed by atoms with Crippen LogP contribution in [0, 0.1) is 0 Å². The summed E-state index contributed by atoms with van der Waals surface area (Å²) in [6.07, 6.45) is 1.93. The predicted molar refractivity (Wildman–Crippen MR) is 78.3 cm³/mol. The molecule has 1 aromatic rings. The third-order valence-electron chi connectivity index (χ3n) is 3.31. The summed E-state index contributed by atoms with van der Waals surface area (Å²) in [7, 11) is -3.12. The zero-order valence-electron chi connectivity index (χ0n) is 11.4. The fourth-order valence-electron chi connectivity index (χ4n) is 2.25. The molecule has 6 nitrogen and oxygen atoms in total. The molecule has 1 amide bonds. The van der Waals surface area contributed by atoms with E-state index in [1.807, 2.05) is 6.92 Å². The van der Waals surface area contributed by atoms with Crippen LogP contribution in [0.15, 0.2) is 10.9 Å². The number of carbonyl (C=O) groups is 1. The van der Waals surface area contributed by atoms with Gasteiger partial charge in [-0.2, -0.15) is 0 Å². The van der Waals surface area contributed by atoms with Crippen LogP contribution in [0.3, 0.4) is 0 Å². The summed E-state index contributed by atoms with van der Waals surface area (Å²) in [5, 5.41) is 4.61. The topological polar surface area (TPSA) is 79.4 Å². The van der Waals surface area contributed by atoms with Gasteiger partial charge in [-0.25, -0.2) is 17.7 Å². The van der Waals surface area contributed by atoms with Gasteiger partial charge in [-0.05, 0) is 19.3 Å². The van der Waals surface area contributed by atoms with E-state index < -0.39 is 10.0 Å². The van der Waals surface area contributed by atoms with Crippen molar-refractivity contribution in [3.05, 3.63) is 16.6 Å². The molecule has 1 aliphatic rings. The van der Waals surface area contributed by atoms with Gasteiger partial charge in [-0.3, -0.25) is 4.79 Å². The Bertz CT molecular complexity index is 534. The molecule has 0 spiro atoms. The van der Waals surface area contributed by atoms with E-state index in [9.17, 15) is 13.2 Å². The maximum atomic E-state index is 11.9. The van der Waals surface area contributed by atoms with Gasteiger partial charge >= 0.3 is 0 Å². The molecule has 20 heavy (non-hydrogen) atoms. The Labute approximate surface area is 123 Å². The normalized spacial score (nSPS) is 18.1.